The van der Waals surface area contributed by atoms with E-state index in [1.807, 2.05) is 29.9 Å². The van der Waals surface area contributed by atoms with E-state index in [0.29, 0.717) is 0 Å². The van der Waals surface area contributed by atoms with Crippen molar-refractivity contribution in [1.29, 1.82) is 5.26 Å². The van der Waals surface area contributed by atoms with Crippen molar-refractivity contribution >= 4 is 11.3 Å². The van der Waals surface area contributed by atoms with Crippen LogP contribution in [0.25, 0.3) is 0 Å². The Morgan fingerprint density at radius 1 is 1.43 bits per heavy atom. The lowest BCUT2D eigenvalue weighted by Gasteiger charge is -1.92. The molecule has 0 bridgehead atoms. The standard InChI is InChI=1S/C11H10N2S/c1-13-5-4-9(8-13)6-10-2-3-11(7-12)14-10/h2-5,8H,6H2,1H3. The van der Waals surface area contributed by atoms with Crippen molar-refractivity contribution < 1.29 is 0 Å². The van der Waals surface area contributed by atoms with E-state index in [2.05, 4.69) is 18.3 Å². The van der Waals surface area contributed by atoms with Crippen molar-refractivity contribution in [2.24, 2.45) is 7.05 Å². The summed E-state index contributed by atoms with van der Waals surface area (Å²) in [6.45, 7) is 0. The molecule has 0 N–H and O–H groups in total. The molecule has 0 saturated heterocycles. The van der Waals surface area contributed by atoms with E-state index in [0.717, 1.165) is 11.3 Å². The first kappa shape index (κ1) is 9.04. The Labute approximate surface area is 87.0 Å². The lowest BCUT2D eigenvalue weighted by Crippen LogP contribution is -1.82. The summed E-state index contributed by atoms with van der Waals surface area (Å²) >= 11 is 1.57. The third-order valence-corrected chi connectivity index (χ3v) is 3.03. The number of nitrogens with zero attached hydrogens (tertiary/aromatic N) is 2. The molecule has 0 saturated carbocycles. The quantitative estimate of drug-likeness (QED) is 0.735. The SMILES string of the molecule is Cn1ccc(Cc2ccc(C#N)s2)c1. The Morgan fingerprint density at radius 2 is 2.29 bits per heavy atom. The molecule has 2 aromatic heterocycles. The highest BCUT2D eigenvalue weighted by atomic mass is 32.1. The maximum atomic E-state index is 8.68. The summed E-state index contributed by atoms with van der Waals surface area (Å²) in [5.74, 6) is 0. The Kier molecular flexibility index (Phi) is 2.38. The van der Waals surface area contributed by atoms with Crippen LogP contribution in [0, 0.1) is 11.3 Å². The molecule has 2 heterocycles. The Morgan fingerprint density at radius 3 is 2.86 bits per heavy atom. The van der Waals surface area contributed by atoms with Crippen LogP contribution < -0.4 is 0 Å². The zero-order chi connectivity index (χ0) is 9.97. The molecule has 0 aliphatic rings. The van der Waals surface area contributed by atoms with Crippen molar-refractivity contribution in [2.45, 2.75) is 6.42 Å². The summed E-state index contributed by atoms with van der Waals surface area (Å²) in [4.78, 5) is 2.03. The van der Waals surface area contributed by atoms with Gasteiger partial charge < -0.3 is 4.57 Å². The minimum Gasteiger partial charge on any atom is -0.357 e. The van der Waals surface area contributed by atoms with Gasteiger partial charge in [0.1, 0.15) is 10.9 Å². The zero-order valence-corrected chi connectivity index (χ0v) is 8.71. The molecule has 14 heavy (non-hydrogen) atoms. The molecule has 2 rings (SSSR count). The Balaban J connectivity index is 2.15. The van der Waals surface area contributed by atoms with Crippen LogP contribution in [0.1, 0.15) is 15.3 Å². The minimum atomic E-state index is 0.788. The highest BCUT2D eigenvalue weighted by Crippen LogP contribution is 2.19. The second kappa shape index (κ2) is 3.69. The molecule has 0 atom stereocenters. The van der Waals surface area contributed by atoms with Crippen molar-refractivity contribution in [2.75, 3.05) is 0 Å². The van der Waals surface area contributed by atoms with Gasteiger partial charge in [-0.3, -0.25) is 0 Å². The maximum absolute atomic E-state index is 8.68. The lowest BCUT2D eigenvalue weighted by molar-refractivity contribution is 0.922. The largest absolute Gasteiger partial charge is 0.357 e. The zero-order valence-electron chi connectivity index (χ0n) is 7.90. The molecular weight excluding hydrogens is 192 g/mol. The van der Waals surface area contributed by atoms with Gasteiger partial charge in [0.25, 0.3) is 0 Å². The number of nitriles is 1. The van der Waals surface area contributed by atoms with Crippen LogP contribution in [0.15, 0.2) is 30.6 Å². The summed E-state index contributed by atoms with van der Waals surface area (Å²) in [5, 5.41) is 8.68. The monoisotopic (exact) mass is 202 g/mol. The molecule has 2 nitrogen and oxygen atoms in total. The van der Waals surface area contributed by atoms with E-state index < -0.39 is 0 Å². The fourth-order valence-electron chi connectivity index (χ4n) is 1.40. The Bertz CT molecular complexity index is 473. The van der Waals surface area contributed by atoms with E-state index in [1.165, 1.54) is 10.4 Å². The van der Waals surface area contributed by atoms with E-state index in [9.17, 15) is 0 Å². The van der Waals surface area contributed by atoms with Gasteiger partial charge in [-0.25, -0.2) is 0 Å². The average molecular weight is 202 g/mol. The summed E-state index contributed by atoms with van der Waals surface area (Å²) in [7, 11) is 2.01. The molecule has 0 aliphatic heterocycles. The number of aryl methyl sites for hydroxylation is 1. The van der Waals surface area contributed by atoms with E-state index in [-0.39, 0.29) is 0 Å². The summed E-state index contributed by atoms with van der Waals surface area (Å²) in [6.07, 6.45) is 5.06. The van der Waals surface area contributed by atoms with Gasteiger partial charge in [-0.1, -0.05) is 0 Å². The summed E-state index contributed by atoms with van der Waals surface area (Å²) in [5.41, 5.74) is 1.29. The molecular formula is C11H10N2S. The highest BCUT2D eigenvalue weighted by Gasteiger charge is 2.01. The summed E-state index contributed by atoms with van der Waals surface area (Å²) < 4.78 is 2.04. The molecule has 0 unspecified atom stereocenters. The topological polar surface area (TPSA) is 28.7 Å². The van der Waals surface area contributed by atoms with Crippen LogP contribution in [0.2, 0.25) is 0 Å². The van der Waals surface area contributed by atoms with Crippen LogP contribution in [0.5, 0.6) is 0 Å². The van der Waals surface area contributed by atoms with Gasteiger partial charge in [0.05, 0.1) is 0 Å². The summed E-state index contributed by atoms with van der Waals surface area (Å²) in [6, 6.07) is 8.16. The van der Waals surface area contributed by atoms with Crippen LogP contribution in [-0.2, 0) is 13.5 Å². The molecule has 2 aromatic rings. The molecule has 0 aliphatic carbocycles. The highest BCUT2D eigenvalue weighted by molar-refractivity contribution is 7.12. The second-order valence-corrected chi connectivity index (χ2v) is 4.41. The molecule has 0 fully saturated rings. The maximum Gasteiger partial charge on any atom is 0.110 e. The number of rotatable bonds is 2. The van der Waals surface area contributed by atoms with Gasteiger partial charge in [-0.15, -0.1) is 11.3 Å². The first-order chi connectivity index (χ1) is 6.78. The van der Waals surface area contributed by atoms with Gasteiger partial charge in [0.2, 0.25) is 0 Å². The normalized spacial score (nSPS) is 10.0. The lowest BCUT2D eigenvalue weighted by atomic mass is 10.2. The third kappa shape index (κ3) is 1.86. The minimum absolute atomic E-state index is 0.788. The fraction of sp³-hybridized carbons (Fsp3) is 0.182. The molecule has 0 aromatic carbocycles. The number of aromatic nitrogens is 1. The second-order valence-electron chi connectivity index (χ2n) is 3.24. The van der Waals surface area contributed by atoms with Gasteiger partial charge in [0.15, 0.2) is 0 Å². The third-order valence-electron chi connectivity index (χ3n) is 2.04. The van der Waals surface area contributed by atoms with Gasteiger partial charge in [0, 0.05) is 30.7 Å². The molecule has 0 spiro atoms. The molecule has 3 heteroatoms. The van der Waals surface area contributed by atoms with Crippen LogP contribution in [0.3, 0.4) is 0 Å². The van der Waals surface area contributed by atoms with Crippen molar-refractivity contribution in [3.63, 3.8) is 0 Å². The number of hydrogen-bond acceptors (Lipinski definition) is 2. The first-order valence-electron chi connectivity index (χ1n) is 4.37. The van der Waals surface area contributed by atoms with Gasteiger partial charge in [-0.2, -0.15) is 5.26 Å². The molecule has 0 amide bonds. The van der Waals surface area contributed by atoms with Crippen molar-refractivity contribution in [3.8, 4) is 6.07 Å². The van der Waals surface area contributed by atoms with E-state index >= 15 is 0 Å². The van der Waals surface area contributed by atoms with E-state index in [1.54, 1.807) is 11.3 Å². The van der Waals surface area contributed by atoms with E-state index in [4.69, 9.17) is 5.26 Å². The van der Waals surface area contributed by atoms with Crippen LogP contribution >= 0.6 is 11.3 Å². The Hall–Kier alpha value is -1.53. The van der Waals surface area contributed by atoms with Crippen LogP contribution in [0.4, 0.5) is 0 Å². The van der Waals surface area contributed by atoms with Crippen molar-refractivity contribution in [1.82, 2.24) is 4.57 Å². The molecule has 0 radical (unpaired) electrons. The smallest absolute Gasteiger partial charge is 0.110 e. The fourth-order valence-corrected chi connectivity index (χ4v) is 2.24. The number of thiophene rings is 1. The molecule has 70 valence electrons. The van der Waals surface area contributed by atoms with Gasteiger partial charge >= 0.3 is 0 Å². The predicted molar refractivity (Wildman–Crippen MR) is 57.3 cm³/mol. The van der Waals surface area contributed by atoms with Crippen LogP contribution in [-0.4, -0.2) is 4.57 Å². The predicted octanol–water partition coefficient (Wildman–Crippen LogP) is 2.55. The number of hydrogen-bond donors (Lipinski definition) is 0. The van der Waals surface area contributed by atoms with Gasteiger partial charge in [-0.05, 0) is 23.8 Å². The average Bonchev–Trinajstić information content (AvgIpc) is 2.76. The van der Waals surface area contributed by atoms with Crippen molar-refractivity contribution in [3.05, 3.63) is 45.9 Å². The first-order valence-corrected chi connectivity index (χ1v) is 5.19.